The molecule has 2 nitrogen and oxygen atoms in total. The van der Waals surface area contributed by atoms with E-state index in [4.69, 9.17) is 10.5 Å². The number of ether oxygens (including phenoxy) is 1. The van der Waals surface area contributed by atoms with Gasteiger partial charge in [0.15, 0.2) is 0 Å². The maximum atomic E-state index is 6.30. The van der Waals surface area contributed by atoms with E-state index in [9.17, 15) is 0 Å². The Labute approximate surface area is 119 Å². The van der Waals surface area contributed by atoms with Crippen LogP contribution in [0.1, 0.15) is 41.8 Å². The molecule has 2 N–H and O–H groups in total. The molecule has 1 aromatic heterocycles. The molecule has 0 saturated carbocycles. The summed E-state index contributed by atoms with van der Waals surface area (Å²) >= 11 is 1.72. The fourth-order valence-corrected chi connectivity index (χ4v) is 2.92. The van der Waals surface area contributed by atoms with Gasteiger partial charge >= 0.3 is 0 Å². The first kappa shape index (κ1) is 14.1. The predicted octanol–water partition coefficient (Wildman–Crippen LogP) is 4.28. The van der Waals surface area contributed by atoms with Gasteiger partial charge in [-0.3, -0.25) is 0 Å². The van der Waals surface area contributed by atoms with Gasteiger partial charge in [0.05, 0.1) is 12.6 Å². The van der Waals surface area contributed by atoms with Crippen molar-refractivity contribution in [2.45, 2.75) is 32.7 Å². The van der Waals surface area contributed by atoms with Crippen molar-refractivity contribution in [3.05, 3.63) is 51.7 Å². The maximum Gasteiger partial charge on any atom is 0.119 e. The third kappa shape index (κ3) is 3.58. The quantitative estimate of drug-likeness (QED) is 0.798. The van der Waals surface area contributed by atoms with Crippen LogP contribution in [0.15, 0.2) is 35.7 Å². The molecular formula is C16H21NOS. The van der Waals surface area contributed by atoms with Crippen molar-refractivity contribution in [1.29, 1.82) is 0 Å². The summed E-state index contributed by atoms with van der Waals surface area (Å²) in [7, 11) is 0. The molecule has 1 heterocycles. The lowest BCUT2D eigenvalue weighted by molar-refractivity contribution is 0.309. The summed E-state index contributed by atoms with van der Waals surface area (Å²) in [6.45, 7) is 5.05. The number of nitrogens with two attached hydrogens (primary N) is 1. The van der Waals surface area contributed by atoms with Gasteiger partial charge < -0.3 is 10.5 Å². The summed E-state index contributed by atoms with van der Waals surface area (Å²) in [6, 6.07) is 10.2. The molecule has 102 valence electrons. The van der Waals surface area contributed by atoms with Gasteiger partial charge in [-0.15, -0.1) is 11.3 Å². The molecule has 0 aliphatic rings. The molecule has 19 heavy (non-hydrogen) atoms. The molecule has 0 amide bonds. The van der Waals surface area contributed by atoms with Gasteiger partial charge in [0.2, 0.25) is 0 Å². The lowest BCUT2D eigenvalue weighted by Crippen LogP contribution is -2.11. The molecule has 0 bridgehead atoms. The second-order valence-corrected chi connectivity index (χ2v) is 5.66. The monoisotopic (exact) mass is 275 g/mol. The first-order valence-electron chi connectivity index (χ1n) is 6.74. The Morgan fingerprint density at radius 2 is 1.95 bits per heavy atom. The van der Waals surface area contributed by atoms with E-state index in [2.05, 4.69) is 37.4 Å². The molecule has 2 aromatic rings. The van der Waals surface area contributed by atoms with Crippen LogP contribution in [0, 0.1) is 6.92 Å². The Hall–Kier alpha value is -1.32. The van der Waals surface area contributed by atoms with Gasteiger partial charge in [-0.05, 0) is 48.1 Å². The molecule has 1 aromatic carbocycles. The standard InChI is InChI=1S/C16H21NOS/c1-3-4-10-18-14-7-5-13(6-8-14)15(17)16-12(2)9-11-19-16/h5-9,11,15H,3-4,10,17H2,1-2H3. The SMILES string of the molecule is CCCCOc1ccc(C(N)c2sccc2C)cc1. The third-order valence-electron chi connectivity index (χ3n) is 3.19. The average Bonchev–Trinajstić information content (AvgIpc) is 2.85. The van der Waals surface area contributed by atoms with E-state index in [1.165, 1.54) is 10.4 Å². The molecule has 1 unspecified atom stereocenters. The van der Waals surface area contributed by atoms with Crippen LogP contribution in [0.3, 0.4) is 0 Å². The zero-order valence-electron chi connectivity index (χ0n) is 11.6. The van der Waals surface area contributed by atoms with E-state index in [0.717, 1.165) is 30.8 Å². The minimum atomic E-state index is -0.0373. The average molecular weight is 275 g/mol. The van der Waals surface area contributed by atoms with Crippen molar-refractivity contribution in [2.75, 3.05) is 6.61 Å². The maximum absolute atomic E-state index is 6.30. The molecule has 0 radical (unpaired) electrons. The predicted molar refractivity (Wildman–Crippen MR) is 81.9 cm³/mol. The molecule has 0 aliphatic heterocycles. The van der Waals surface area contributed by atoms with Gasteiger partial charge in [-0.25, -0.2) is 0 Å². The second-order valence-electron chi connectivity index (χ2n) is 4.72. The van der Waals surface area contributed by atoms with Gasteiger partial charge in [0, 0.05) is 4.88 Å². The summed E-state index contributed by atoms with van der Waals surface area (Å²) in [6.07, 6.45) is 2.25. The van der Waals surface area contributed by atoms with Gasteiger partial charge in [0.25, 0.3) is 0 Å². The van der Waals surface area contributed by atoms with Crippen molar-refractivity contribution >= 4 is 11.3 Å². The number of unbranched alkanes of at least 4 members (excludes halogenated alkanes) is 1. The van der Waals surface area contributed by atoms with Crippen molar-refractivity contribution in [3.63, 3.8) is 0 Å². The van der Waals surface area contributed by atoms with E-state index in [1.807, 2.05) is 12.1 Å². The lowest BCUT2D eigenvalue weighted by Gasteiger charge is -2.12. The largest absolute Gasteiger partial charge is 0.494 e. The fraction of sp³-hybridized carbons (Fsp3) is 0.375. The Balaban J connectivity index is 2.04. The molecule has 3 heteroatoms. The van der Waals surface area contributed by atoms with Crippen molar-refractivity contribution in [3.8, 4) is 5.75 Å². The number of benzene rings is 1. The van der Waals surface area contributed by atoms with E-state index in [-0.39, 0.29) is 6.04 Å². The summed E-state index contributed by atoms with van der Waals surface area (Å²) < 4.78 is 5.66. The molecule has 0 saturated heterocycles. The first-order valence-corrected chi connectivity index (χ1v) is 7.62. The lowest BCUT2D eigenvalue weighted by atomic mass is 10.0. The number of thiophene rings is 1. The number of hydrogen-bond donors (Lipinski definition) is 1. The molecular weight excluding hydrogens is 254 g/mol. The minimum Gasteiger partial charge on any atom is -0.494 e. The van der Waals surface area contributed by atoms with Crippen molar-refractivity contribution in [1.82, 2.24) is 0 Å². The van der Waals surface area contributed by atoms with Crippen LogP contribution in [0.2, 0.25) is 0 Å². The highest BCUT2D eigenvalue weighted by Gasteiger charge is 2.12. The van der Waals surface area contributed by atoms with Crippen LogP contribution in [0.25, 0.3) is 0 Å². The van der Waals surface area contributed by atoms with Gasteiger partial charge in [-0.1, -0.05) is 25.5 Å². The van der Waals surface area contributed by atoms with E-state index >= 15 is 0 Å². The normalized spacial score (nSPS) is 12.4. The van der Waals surface area contributed by atoms with Gasteiger partial charge in [0.1, 0.15) is 5.75 Å². The number of hydrogen-bond acceptors (Lipinski definition) is 3. The Kier molecular flexibility index (Phi) is 5.00. The molecule has 2 rings (SSSR count). The van der Waals surface area contributed by atoms with Crippen LogP contribution in [-0.2, 0) is 0 Å². The van der Waals surface area contributed by atoms with Crippen molar-refractivity contribution in [2.24, 2.45) is 5.73 Å². The Morgan fingerprint density at radius 3 is 2.53 bits per heavy atom. The first-order chi connectivity index (χ1) is 9.22. The summed E-state index contributed by atoms with van der Waals surface area (Å²) in [4.78, 5) is 1.24. The highest BCUT2D eigenvalue weighted by atomic mass is 32.1. The smallest absolute Gasteiger partial charge is 0.119 e. The van der Waals surface area contributed by atoms with Crippen LogP contribution in [0.5, 0.6) is 5.75 Å². The Bertz CT molecular complexity index is 504. The van der Waals surface area contributed by atoms with Crippen molar-refractivity contribution < 1.29 is 4.74 Å². The highest BCUT2D eigenvalue weighted by molar-refractivity contribution is 7.10. The Morgan fingerprint density at radius 1 is 1.21 bits per heavy atom. The minimum absolute atomic E-state index is 0.0373. The zero-order chi connectivity index (χ0) is 13.7. The van der Waals surface area contributed by atoms with Crippen LogP contribution >= 0.6 is 11.3 Å². The van der Waals surface area contributed by atoms with Gasteiger partial charge in [-0.2, -0.15) is 0 Å². The molecule has 0 spiro atoms. The second kappa shape index (κ2) is 6.73. The van der Waals surface area contributed by atoms with E-state index in [0.29, 0.717) is 0 Å². The van der Waals surface area contributed by atoms with Crippen LogP contribution in [-0.4, -0.2) is 6.61 Å². The highest BCUT2D eigenvalue weighted by Crippen LogP contribution is 2.28. The summed E-state index contributed by atoms with van der Waals surface area (Å²) in [5.74, 6) is 0.923. The zero-order valence-corrected chi connectivity index (χ0v) is 12.4. The van der Waals surface area contributed by atoms with E-state index < -0.39 is 0 Å². The summed E-state index contributed by atoms with van der Waals surface area (Å²) in [5.41, 5.74) is 8.70. The van der Waals surface area contributed by atoms with Crippen LogP contribution < -0.4 is 10.5 Å². The molecule has 0 fully saturated rings. The molecule has 0 aliphatic carbocycles. The molecule has 1 atom stereocenters. The van der Waals surface area contributed by atoms with Crippen LogP contribution in [0.4, 0.5) is 0 Å². The number of aryl methyl sites for hydroxylation is 1. The summed E-state index contributed by atoms with van der Waals surface area (Å²) in [5, 5.41) is 2.09. The number of rotatable bonds is 6. The third-order valence-corrected chi connectivity index (χ3v) is 4.29. The topological polar surface area (TPSA) is 35.2 Å². The fourth-order valence-electron chi connectivity index (χ4n) is 1.96. The van der Waals surface area contributed by atoms with E-state index in [1.54, 1.807) is 11.3 Å².